The number of aliphatic hydroxyl groups excluding tert-OH is 1. The Morgan fingerprint density at radius 2 is 2.11 bits per heavy atom. The number of aliphatic carboxylic acids is 1. The highest BCUT2D eigenvalue weighted by atomic mass is 16.6. The van der Waals surface area contributed by atoms with Crippen LogP contribution < -0.4 is 4.74 Å². The molecular formula is C12H15NO6. The number of nitro groups is 1. The van der Waals surface area contributed by atoms with Crippen LogP contribution >= 0.6 is 0 Å². The van der Waals surface area contributed by atoms with Crippen molar-refractivity contribution in [1.29, 1.82) is 0 Å². The summed E-state index contributed by atoms with van der Waals surface area (Å²) in [5.41, 5.74) is -2.26. The Kier molecular flexibility index (Phi) is 4.44. The molecule has 1 aromatic carbocycles. The van der Waals surface area contributed by atoms with E-state index in [4.69, 9.17) is 4.74 Å². The van der Waals surface area contributed by atoms with E-state index in [-0.39, 0.29) is 17.9 Å². The van der Waals surface area contributed by atoms with Crippen molar-refractivity contribution in [1.82, 2.24) is 0 Å². The van der Waals surface area contributed by atoms with Gasteiger partial charge in [-0.3, -0.25) is 10.1 Å². The zero-order chi connectivity index (χ0) is 14.6. The first kappa shape index (κ1) is 14.9. The summed E-state index contributed by atoms with van der Waals surface area (Å²) >= 11 is 0. The minimum Gasteiger partial charge on any atom is -0.478 e. The van der Waals surface area contributed by atoms with Crippen LogP contribution in [-0.2, 0) is 4.79 Å². The molecule has 0 aliphatic heterocycles. The minimum absolute atomic E-state index is 0.0357. The third kappa shape index (κ3) is 2.82. The lowest BCUT2D eigenvalue weighted by molar-refractivity contribution is -0.386. The molecule has 0 bridgehead atoms. The van der Waals surface area contributed by atoms with Gasteiger partial charge in [0.05, 0.1) is 4.92 Å². The maximum absolute atomic E-state index is 11.3. The Morgan fingerprint density at radius 1 is 1.53 bits per heavy atom. The van der Waals surface area contributed by atoms with Crippen LogP contribution in [0.2, 0.25) is 0 Å². The molecule has 1 rings (SSSR count). The number of aliphatic hydroxyl groups is 1. The predicted molar refractivity (Wildman–Crippen MR) is 66.1 cm³/mol. The van der Waals surface area contributed by atoms with Gasteiger partial charge in [0.15, 0.2) is 5.75 Å². The molecule has 0 fully saturated rings. The predicted octanol–water partition coefficient (Wildman–Crippen LogP) is 1.59. The molecule has 7 heteroatoms. The number of hydrogen-bond acceptors (Lipinski definition) is 5. The summed E-state index contributed by atoms with van der Waals surface area (Å²) < 4.78 is 5.28. The van der Waals surface area contributed by atoms with Crippen molar-refractivity contribution in [2.45, 2.75) is 32.0 Å². The molecule has 0 aromatic heterocycles. The molecule has 0 amide bonds. The molecule has 0 heterocycles. The quantitative estimate of drug-likeness (QED) is 0.599. The van der Waals surface area contributed by atoms with E-state index in [1.807, 2.05) is 0 Å². The molecule has 7 nitrogen and oxygen atoms in total. The summed E-state index contributed by atoms with van der Waals surface area (Å²) in [5, 5.41) is 29.7. The summed E-state index contributed by atoms with van der Waals surface area (Å²) in [6, 6.07) is 5.45. The molecule has 2 unspecified atom stereocenters. The van der Waals surface area contributed by atoms with Crippen molar-refractivity contribution in [2.24, 2.45) is 0 Å². The van der Waals surface area contributed by atoms with Gasteiger partial charge in [-0.2, -0.15) is 0 Å². The lowest BCUT2D eigenvalue weighted by Crippen LogP contribution is -2.52. The average molecular weight is 269 g/mol. The number of ether oxygens (including phenoxy) is 1. The van der Waals surface area contributed by atoms with Gasteiger partial charge in [0.1, 0.15) is 6.10 Å². The van der Waals surface area contributed by atoms with Crippen LogP contribution in [0.3, 0.4) is 0 Å². The molecule has 0 radical (unpaired) electrons. The summed E-state index contributed by atoms with van der Waals surface area (Å²) in [6.45, 7) is 2.79. The van der Waals surface area contributed by atoms with Crippen LogP contribution in [0.4, 0.5) is 5.69 Å². The summed E-state index contributed by atoms with van der Waals surface area (Å²) in [4.78, 5) is 21.5. The van der Waals surface area contributed by atoms with Crippen LogP contribution in [0.1, 0.15) is 20.3 Å². The summed E-state index contributed by atoms with van der Waals surface area (Å²) in [7, 11) is 0. The lowest BCUT2D eigenvalue weighted by atomic mass is 9.94. The van der Waals surface area contributed by atoms with Gasteiger partial charge in [-0.1, -0.05) is 19.1 Å². The Hall–Kier alpha value is -2.15. The highest BCUT2D eigenvalue weighted by molar-refractivity contribution is 5.79. The van der Waals surface area contributed by atoms with Crippen molar-refractivity contribution in [2.75, 3.05) is 0 Å². The molecule has 0 aliphatic rings. The fourth-order valence-electron chi connectivity index (χ4n) is 1.72. The first-order valence-electron chi connectivity index (χ1n) is 5.69. The molecule has 2 N–H and O–H groups in total. The third-order valence-corrected chi connectivity index (χ3v) is 2.92. The molecular weight excluding hydrogens is 254 g/mol. The molecule has 0 aliphatic carbocycles. The van der Waals surface area contributed by atoms with Crippen molar-refractivity contribution in [3.63, 3.8) is 0 Å². The largest absolute Gasteiger partial charge is 0.478 e. The zero-order valence-corrected chi connectivity index (χ0v) is 10.6. The molecule has 19 heavy (non-hydrogen) atoms. The number of rotatable bonds is 6. The molecule has 0 spiro atoms. The normalized spacial score (nSPS) is 15.3. The van der Waals surface area contributed by atoms with E-state index in [2.05, 4.69) is 0 Å². The van der Waals surface area contributed by atoms with Gasteiger partial charge in [-0.25, -0.2) is 4.79 Å². The van der Waals surface area contributed by atoms with Gasteiger partial charge >= 0.3 is 11.7 Å². The Balaban J connectivity index is 3.25. The molecule has 0 saturated heterocycles. The maximum Gasteiger partial charge on any atom is 0.350 e. The van der Waals surface area contributed by atoms with Gasteiger partial charge in [-0.05, 0) is 19.4 Å². The number of para-hydroxylation sites is 2. The van der Waals surface area contributed by atoms with Crippen molar-refractivity contribution < 1.29 is 24.7 Å². The number of nitro benzene ring substituents is 1. The smallest absolute Gasteiger partial charge is 0.350 e. The summed E-state index contributed by atoms with van der Waals surface area (Å²) in [5.74, 6) is -1.55. The monoisotopic (exact) mass is 269 g/mol. The van der Waals surface area contributed by atoms with Gasteiger partial charge in [0, 0.05) is 6.07 Å². The second-order valence-corrected chi connectivity index (χ2v) is 4.05. The lowest BCUT2D eigenvalue weighted by Gasteiger charge is -2.31. The van der Waals surface area contributed by atoms with E-state index in [1.54, 1.807) is 0 Å². The second kappa shape index (κ2) is 5.66. The third-order valence-electron chi connectivity index (χ3n) is 2.92. The van der Waals surface area contributed by atoms with E-state index in [0.717, 1.165) is 0 Å². The Morgan fingerprint density at radius 3 is 2.53 bits per heavy atom. The maximum atomic E-state index is 11.3. The molecule has 0 saturated carbocycles. The van der Waals surface area contributed by atoms with Crippen molar-refractivity contribution in [3.05, 3.63) is 34.4 Å². The number of hydrogen-bond donors (Lipinski definition) is 2. The zero-order valence-electron chi connectivity index (χ0n) is 10.6. The van der Waals surface area contributed by atoms with Gasteiger partial charge in [-0.15, -0.1) is 0 Å². The fraction of sp³-hybridized carbons (Fsp3) is 0.417. The van der Waals surface area contributed by atoms with Crippen LogP contribution in [0.5, 0.6) is 5.75 Å². The van der Waals surface area contributed by atoms with Crippen LogP contribution in [0.25, 0.3) is 0 Å². The van der Waals surface area contributed by atoms with Gasteiger partial charge in [0.25, 0.3) is 0 Å². The molecule has 2 atom stereocenters. The van der Waals surface area contributed by atoms with E-state index < -0.39 is 22.6 Å². The molecule has 1 aromatic rings. The SMILES string of the molecule is CCC(Oc1ccccc1[N+](=O)[O-])(C(=O)O)C(C)O. The molecule has 104 valence electrons. The van der Waals surface area contributed by atoms with E-state index in [9.17, 15) is 25.1 Å². The minimum atomic E-state index is -1.91. The van der Waals surface area contributed by atoms with Crippen LogP contribution in [0.15, 0.2) is 24.3 Å². The fourth-order valence-corrected chi connectivity index (χ4v) is 1.72. The Bertz CT molecular complexity index is 487. The van der Waals surface area contributed by atoms with Crippen LogP contribution in [0, 0.1) is 10.1 Å². The van der Waals surface area contributed by atoms with Crippen molar-refractivity contribution in [3.8, 4) is 5.75 Å². The summed E-state index contributed by atoms with van der Waals surface area (Å²) in [6.07, 6.45) is -1.36. The number of nitrogens with zero attached hydrogens (tertiary/aromatic N) is 1. The highest BCUT2D eigenvalue weighted by Gasteiger charge is 2.45. The standard InChI is InChI=1S/C12H15NO6/c1-3-12(8(2)14,11(15)16)19-10-7-5-4-6-9(10)13(17)18/h4-8,14H,3H2,1-2H3,(H,15,16). The van der Waals surface area contributed by atoms with E-state index >= 15 is 0 Å². The first-order valence-corrected chi connectivity index (χ1v) is 5.69. The van der Waals surface area contributed by atoms with E-state index in [1.165, 1.54) is 38.1 Å². The number of carbonyl (C=O) groups is 1. The van der Waals surface area contributed by atoms with Gasteiger partial charge in [0.2, 0.25) is 5.60 Å². The number of benzene rings is 1. The topological polar surface area (TPSA) is 110 Å². The number of carboxylic acid groups (broad SMARTS) is 1. The average Bonchev–Trinajstić information content (AvgIpc) is 2.35. The van der Waals surface area contributed by atoms with E-state index in [0.29, 0.717) is 0 Å². The number of carboxylic acids is 1. The van der Waals surface area contributed by atoms with Crippen molar-refractivity contribution >= 4 is 11.7 Å². The second-order valence-electron chi connectivity index (χ2n) is 4.05. The Labute approximate surface area is 109 Å². The first-order chi connectivity index (χ1) is 8.85. The van der Waals surface area contributed by atoms with Gasteiger partial charge < -0.3 is 14.9 Å². The highest BCUT2D eigenvalue weighted by Crippen LogP contribution is 2.32. The van der Waals surface area contributed by atoms with Crippen LogP contribution in [-0.4, -0.2) is 32.8 Å².